The van der Waals surface area contributed by atoms with Gasteiger partial charge in [0.05, 0.1) is 26.0 Å². The van der Waals surface area contributed by atoms with Crippen LogP contribution in [0.15, 0.2) is 48.5 Å². The zero-order chi connectivity index (χ0) is 28.1. The lowest BCUT2D eigenvalue weighted by Crippen LogP contribution is -2.35. The molecular formula is C29H32F3N5O3. The molecular weight excluding hydrogens is 523 g/mol. The van der Waals surface area contributed by atoms with Crippen molar-refractivity contribution in [1.82, 2.24) is 20.0 Å². The van der Waals surface area contributed by atoms with Crippen molar-refractivity contribution in [3.63, 3.8) is 0 Å². The Morgan fingerprint density at radius 3 is 2.50 bits per heavy atom. The monoisotopic (exact) mass is 555 g/mol. The number of rotatable bonds is 5. The van der Waals surface area contributed by atoms with E-state index in [0.717, 1.165) is 43.7 Å². The summed E-state index contributed by atoms with van der Waals surface area (Å²) in [7, 11) is 3.00. The Morgan fingerprint density at radius 2 is 1.82 bits per heavy atom. The van der Waals surface area contributed by atoms with Crippen LogP contribution in [0.5, 0.6) is 11.5 Å². The van der Waals surface area contributed by atoms with Crippen LogP contribution in [0.1, 0.15) is 47.3 Å². The van der Waals surface area contributed by atoms with Crippen molar-refractivity contribution in [3.05, 3.63) is 59.7 Å². The number of alkyl halides is 3. The molecule has 3 unspecified atom stereocenters. The fourth-order valence-electron chi connectivity index (χ4n) is 6.22. The molecule has 2 saturated heterocycles. The molecule has 1 aromatic heterocycles. The number of anilines is 1. The number of nitrogens with one attached hydrogen (secondary N) is 2. The molecule has 212 valence electrons. The molecule has 0 bridgehead atoms. The number of hydrogen-bond donors (Lipinski definition) is 2. The Hall–Kier alpha value is -3.73. The van der Waals surface area contributed by atoms with Gasteiger partial charge in [0.2, 0.25) is 0 Å². The number of carbonyl (C=O) groups excluding carboxylic acids is 1. The fourth-order valence-corrected chi connectivity index (χ4v) is 6.22. The number of nitrogens with zero attached hydrogens (tertiary/aromatic N) is 3. The van der Waals surface area contributed by atoms with E-state index >= 15 is 0 Å². The van der Waals surface area contributed by atoms with Crippen molar-refractivity contribution in [2.45, 2.75) is 37.5 Å². The molecule has 8 nitrogen and oxygen atoms in total. The average molecular weight is 556 g/mol. The summed E-state index contributed by atoms with van der Waals surface area (Å²) in [6, 6.07) is 11.3. The molecule has 2 N–H and O–H groups in total. The van der Waals surface area contributed by atoms with E-state index in [4.69, 9.17) is 9.47 Å². The van der Waals surface area contributed by atoms with E-state index in [2.05, 4.69) is 15.7 Å². The van der Waals surface area contributed by atoms with Gasteiger partial charge in [0.15, 0.2) is 17.5 Å². The summed E-state index contributed by atoms with van der Waals surface area (Å²) in [5.74, 6) is 1.21. The van der Waals surface area contributed by atoms with Crippen LogP contribution in [0.25, 0.3) is 11.3 Å². The van der Waals surface area contributed by atoms with Crippen molar-refractivity contribution in [1.29, 1.82) is 0 Å². The zero-order valence-electron chi connectivity index (χ0n) is 22.4. The van der Waals surface area contributed by atoms with Gasteiger partial charge in [-0.2, -0.15) is 18.3 Å². The largest absolute Gasteiger partial charge is 0.493 e. The zero-order valence-corrected chi connectivity index (χ0v) is 22.4. The van der Waals surface area contributed by atoms with Crippen molar-refractivity contribution in [2.75, 3.05) is 45.7 Å². The van der Waals surface area contributed by atoms with Gasteiger partial charge in [-0.15, -0.1) is 0 Å². The van der Waals surface area contributed by atoms with E-state index in [1.807, 2.05) is 4.90 Å². The summed E-state index contributed by atoms with van der Waals surface area (Å²) in [6.07, 6.45) is -2.64. The first-order valence-electron chi connectivity index (χ1n) is 13.4. The van der Waals surface area contributed by atoms with Crippen molar-refractivity contribution < 1.29 is 27.4 Å². The van der Waals surface area contributed by atoms with E-state index in [1.54, 1.807) is 48.5 Å². The van der Waals surface area contributed by atoms with Crippen molar-refractivity contribution >= 4 is 11.7 Å². The van der Waals surface area contributed by atoms with Gasteiger partial charge < -0.3 is 25.0 Å². The molecule has 3 aromatic rings. The topological polar surface area (TPSA) is 80.7 Å². The summed E-state index contributed by atoms with van der Waals surface area (Å²) in [6.45, 7) is 3.42. The Balaban J connectivity index is 1.24. The number of aromatic nitrogens is 2. The van der Waals surface area contributed by atoms with E-state index in [9.17, 15) is 18.0 Å². The molecule has 1 spiro atoms. The van der Waals surface area contributed by atoms with E-state index in [-0.39, 0.29) is 23.6 Å². The van der Waals surface area contributed by atoms with Crippen LogP contribution in [0, 0.1) is 5.41 Å². The molecule has 3 aliphatic heterocycles. The molecule has 6 rings (SSSR count). The number of halogens is 3. The van der Waals surface area contributed by atoms with Gasteiger partial charge in [0, 0.05) is 48.7 Å². The number of benzene rings is 2. The maximum Gasteiger partial charge on any atom is 0.410 e. The highest BCUT2D eigenvalue weighted by Crippen LogP contribution is 2.45. The second kappa shape index (κ2) is 10.0. The molecule has 2 fully saturated rings. The van der Waals surface area contributed by atoms with E-state index in [0.29, 0.717) is 33.9 Å². The molecule has 0 saturated carbocycles. The lowest BCUT2D eigenvalue weighted by atomic mass is 9.86. The Bertz CT molecular complexity index is 1400. The number of carbonyl (C=O) groups is 1. The van der Waals surface area contributed by atoms with Crippen LogP contribution >= 0.6 is 0 Å². The average Bonchev–Trinajstić information content (AvgIpc) is 3.71. The standard InChI is InChI=1S/C29H32F3N5O3/c1-39-23-8-7-20(13-24(23)40-2)21-14-25(29(30,31)32)37-26(34-21)15-22(35-37)18-3-5-19(6-4-18)27(38)36-12-10-28(17-36)9-11-33-16-28/h3-8,13,15,21,25,33-34H,9-12,14,16-17H2,1-2H3. The smallest absolute Gasteiger partial charge is 0.410 e. The molecule has 0 radical (unpaired) electrons. The highest BCUT2D eigenvalue weighted by molar-refractivity contribution is 5.95. The minimum Gasteiger partial charge on any atom is -0.493 e. The summed E-state index contributed by atoms with van der Waals surface area (Å²) < 4.78 is 54.3. The molecule has 1 amide bonds. The van der Waals surface area contributed by atoms with Crippen LogP contribution in [-0.2, 0) is 0 Å². The second-order valence-electron chi connectivity index (χ2n) is 10.9. The Kier molecular flexibility index (Phi) is 6.64. The Morgan fingerprint density at radius 1 is 1.05 bits per heavy atom. The third-order valence-corrected chi connectivity index (χ3v) is 8.49. The number of methoxy groups -OCH3 is 2. The first kappa shape index (κ1) is 26.5. The number of likely N-dealkylation sites (tertiary alicyclic amines) is 1. The second-order valence-corrected chi connectivity index (χ2v) is 10.9. The van der Waals surface area contributed by atoms with Gasteiger partial charge in [-0.3, -0.25) is 4.79 Å². The molecule has 3 atom stereocenters. The van der Waals surface area contributed by atoms with Crippen molar-refractivity contribution in [2.24, 2.45) is 5.41 Å². The maximum absolute atomic E-state index is 14.2. The van der Waals surface area contributed by atoms with Gasteiger partial charge in [-0.1, -0.05) is 18.2 Å². The third kappa shape index (κ3) is 4.76. The fraction of sp³-hybridized carbons (Fsp3) is 0.448. The minimum absolute atomic E-state index is 0.0176. The van der Waals surface area contributed by atoms with Crippen LogP contribution in [0.4, 0.5) is 19.0 Å². The van der Waals surface area contributed by atoms with Crippen LogP contribution in [-0.4, -0.2) is 67.2 Å². The molecule has 0 aliphatic carbocycles. The molecule has 2 aromatic carbocycles. The summed E-state index contributed by atoms with van der Waals surface area (Å²) >= 11 is 0. The molecule has 11 heteroatoms. The van der Waals surface area contributed by atoms with Gasteiger partial charge in [-0.05, 0) is 49.2 Å². The number of ether oxygens (including phenoxy) is 2. The van der Waals surface area contributed by atoms with Gasteiger partial charge >= 0.3 is 6.18 Å². The first-order valence-corrected chi connectivity index (χ1v) is 13.4. The van der Waals surface area contributed by atoms with E-state index < -0.39 is 18.3 Å². The van der Waals surface area contributed by atoms with Crippen LogP contribution < -0.4 is 20.1 Å². The highest BCUT2D eigenvalue weighted by Gasteiger charge is 2.47. The number of fused-ring (bicyclic) bond motifs is 1. The lowest BCUT2D eigenvalue weighted by Gasteiger charge is -2.33. The summed E-state index contributed by atoms with van der Waals surface area (Å²) in [5, 5.41) is 11.0. The van der Waals surface area contributed by atoms with Gasteiger partial charge in [0.1, 0.15) is 5.82 Å². The number of hydrogen-bond acceptors (Lipinski definition) is 6. The molecule has 3 aliphatic rings. The van der Waals surface area contributed by atoms with Crippen LogP contribution in [0.2, 0.25) is 0 Å². The summed E-state index contributed by atoms with van der Waals surface area (Å²) in [5.41, 5.74) is 2.45. The highest BCUT2D eigenvalue weighted by atomic mass is 19.4. The Labute approximate surface area is 230 Å². The predicted molar refractivity (Wildman–Crippen MR) is 144 cm³/mol. The molecule has 40 heavy (non-hydrogen) atoms. The predicted octanol–water partition coefficient (Wildman–Crippen LogP) is 5.05. The number of amides is 1. The maximum atomic E-state index is 14.2. The normalized spacial score (nSPS) is 24.2. The van der Waals surface area contributed by atoms with E-state index in [1.165, 1.54) is 14.2 Å². The van der Waals surface area contributed by atoms with Gasteiger partial charge in [0.25, 0.3) is 5.91 Å². The minimum atomic E-state index is -4.49. The first-order chi connectivity index (χ1) is 19.2. The third-order valence-electron chi connectivity index (χ3n) is 8.49. The van der Waals surface area contributed by atoms with Crippen molar-refractivity contribution in [3.8, 4) is 22.8 Å². The van der Waals surface area contributed by atoms with Crippen LogP contribution in [0.3, 0.4) is 0 Å². The quantitative estimate of drug-likeness (QED) is 0.459. The van der Waals surface area contributed by atoms with Gasteiger partial charge in [-0.25, -0.2) is 4.68 Å². The summed E-state index contributed by atoms with van der Waals surface area (Å²) in [4.78, 5) is 15.0. The SMILES string of the molecule is COc1ccc(C2CC(C(F)(F)F)n3nc(-c4ccc(C(=O)N5CCC6(CCNC6)C5)cc4)cc3N2)cc1OC. The molecule has 4 heterocycles. The lowest BCUT2D eigenvalue weighted by molar-refractivity contribution is -0.173.